The van der Waals surface area contributed by atoms with E-state index < -0.39 is 0 Å². The molecule has 0 amide bonds. The quantitative estimate of drug-likeness (QED) is 0.734. The molecule has 3 N–H and O–H groups in total. The number of aryl methyl sites for hydroxylation is 1. The van der Waals surface area contributed by atoms with E-state index in [1.54, 1.807) is 0 Å². The van der Waals surface area contributed by atoms with Gasteiger partial charge in [0, 0.05) is 6.04 Å². The molecule has 0 fully saturated rings. The molecule has 1 aliphatic carbocycles. The summed E-state index contributed by atoms with van der Waals surface area (Å²) < 4.78 is 0.739. The summed E-state index contributed by atoms with van der Waals surface area (Å²) in [5, 5.41) is 9.47. The standard InChI is InChI=1S/C10H12BrNO/c11-8-5-7-6(4-10(8)13)2-1-3-9(7)12/h4-5,9,13H,1-3,12H2/t9-/m1/s1. The molecule has 0 bridgehead atoms. The number of fused-ring (bicyclic) bond motifs is 1. The Morgan fingerprint density at radius 2 is 2.23 bits per heavy atom. The van der Waals surface area contributed by atoms with E-state index in [-0.39, 0.29) is 6.04 Å². The van der Waals surface area contributed by atoms with E-state index in [1.807, 2.05) is 12.1 Å². The summed E-state index contributed by atoms with van der Waals surface area (Å²) in [5.41, 5.74) is 8.33. The van der Waals surface area contributed by atoms with E-state index in [1.165, 1.54) is 11.1 Å². The predicted octanol–water partition coefficient (Wildman–Crippen LogP) is 2.49. The van der Waals surface area contributed by atoms with Gasteiger partial charge in [-0.05, 0) is 58.5 Å². The second-order valence-electron chi connectivity index (χ2n) is 3.50. The van der Waals surface area contributed by atoms with E-state index >= 15 is 0 Å². The third kappa shape index (κ3) is 1.58. The van der Waals surface area contributed by atoms with Crippen LogP contribution in [0.2, 0.25) is 0 Å². The van der Waals surface area contributed by atoms with E-state index in [0.29, 0.717) is 5.75 Å². The van der Waals surface area contributed by atoms with Crippen molar-refractivity contribution in [3.63, 3.8) is 0 Å². The summed E-state index contributed by atoms with van der Waals surface area (Å²) in [7, 11) is 0. The van der Waals surface area contributed by atoms with Crippen molar-refractivity contribution >= 4 is 15.9 Å². The summed E-state index contributed by atoms with van der Waals surface area (Å²) in [5.74, 6) is 0.313. The topological polar surface area (TPSA) is 46.2 Å². The Morgan fingerprint density at radius 1 is 1.46 bits per heavy atom. The number of hydrogen-bond acceptors (Lipinski definition) is 2. The largest absolute Gasteiger partial charge is 0.507 e. The summed E-state index contributed by atoms with van der Waals surface area (Å²) in [6, 6.07) is 3.90. The number of aromatic hydroxyl groups is 1. The maximum Gasteiger partial charge on any atom is 0.130 e. The van der Waals surface area contributed by atoms with Crippen molar-refractivity contribution < 1.29 is 5.11 Å². The lowest BCUT2D eigenvalue weighted by molar-refractivity contribution is 0.468. The Balaban J connectivity index is 2.52. The lowest BCUT2D eigenvalue weighted by Gasteiger charge is -2.22. The van der Waals surface area contributed by atoms with Gasteiger partial charge in [0.2, 0.25) is 0 Å². The van der Waals surface area contributed by atoms with Gasteiger partial charge >= 0.3 is 0 Å². The fraction of sp³-hybridized carbons (Fsp3) is 0.400. The minimum atomic E-state index is 0.139. The first-order valence-corrected chi connectivity index (χ1v) is 5.24. The molecule has 1 aromatic rings. The summed E-state index contributed by atoms with van der Waals surface area (Å²) >= 11 is 3.30. The van der Waals surface area contributed by atoms with Crippen molar-refractivity contribution in [2.75, 3.05) is 0 Å². The Kier molecular flexibility index (Phi) is 2.30. The van der Waals surface area contributed by atoms with Gasteiger partial charge in [0.25, 0.3) is 0 Å². The average Bonchev–Trinajstić information content (AvgIpc) is 2.09. The first-order chi connectivity index (χ1) is 6.18. The normalized spacial score (nSPS) is 21.2. The molecule has 3 heteroatoms. The maximum absolute atomic E-state index is 9.47. The lowest BCUT2D eigenvalue weighted by atomic mass is 9.88. The van der Waals surface area contributed by atoms with Crippen LogP contribution in [0.25, 0.3) is 0 Å². The zero-order valence-electron chi connectivity index (χ0n) is 7.26. The van der Waals surface area contributed by atoms with Crippen molar-refractivity contribution in [1.82, 2.24) is 0 Å². The van der Waals surface area contributed by atoms with E-state index in [4.69, 9.17) is 5.73 Å². The van der Waals surface area contributed by atoms with Crippen molar-refractivity contribution in [3.8, 4) is 5.75 Å². The molecule has 70 valence electrons. The molecular weight excluding hydrogens is 230 g/mol. The minimum Gasteiger partial charge on any atom is -0.507 e. The molecule has 13 heavy (non-hydrogen) atoms. The van der Waals surface area contributed by atoms with E-state index in [2.05, 4.69) is 15.9 Å². The molecular formula is C10H12BrNO. The van der Waals surface area contributed by atoms with Crippen LogP contribution in [-0.4, -0.2) is 5.11 Å². The highest BCUT2D eigenvalue weighted by atomic mass is 79.9. The van der Waals surface area contributed by atoms with Crippen molar-refractivity contribution in [1.29, 1.82) is 0 Å². The van der Waals surface area contributed by atoms with Crippen LogP contribution in [0.15, 0.2) is 16.6 Å². The Hall–Kier alpha value is -0.540. The molecule has 0 spiro atoms. The Bertz CT molecular complexity index is 338. The summed E-state index contributed by atoms with van der Waals surface area (Å²) in [6.07, 6.45) is 3.20. The SMILES string of the molecule is N[C@@H]1CCCc2cc(O)c(Br)cc21. The van der Waals surface area contributed by atoms with Crippen LogP contribution in [0.3, 0.4) is 0 Å². The van der Waals surface area contributed by atoms with Crippen molar-refractivity contribution in [3.05, 3.63) is 27.7 Å². The highest BCUT2D eigenvalue weighted by Gasteiger charge is 2.18. The molecule has 0 radical (unpaired) electrons. The second kappa shape index (κ2) is 3.31. The van der Waals surface area contributed by atoms with Gasteiger partial charge in [0.15, 0.2) is 0 Å². The van der Waals surface area contributed by atoms with Crippen LogP contribution < -0.4 is 5.73 Å². The van der Waals surface area contributed by atoms with Gasteiger partial charge in [-0.15, -0.1) is 0 Å². The Morgan fingerprint density at radius 3 is 3.00 bits per heavy atom. The molecule has 0 saturated carbocycles. The average molecular weight is 242 g/mol. The highest BCUT2D eigenvalue weighted by molar-refractivity contribution is 9.10. The van der Waals surface area contributed by atoms with Gasteiger partial charge in [-0.2, -0.15) is 0 Å². The van der Waals surface area contributed by atoms with Gasteiger partial charge < -0.3 is 10.8 Å². The third-order valence-electron chi connectivity index (χ3n) is 2.57. The fourth-order valence-electron chi connectivity index (χ4n) is 1.85. The molecule has 0 heterocycles. The molecule has 0 saturated heterocycles. The van der Waals surface area contributed by atoms with Crippen molar-refractivity contribution in [2.24, 2.45) is 5.73 Å². The molecule has 0 aliphatic heterocycles. The number of rotatable bonds is 0. The molecule has 1 atom stereocenters. The van der Waals surface area contributed by atoms with Crippen LogP contribution in [-0.2, 0) is 6.42 Å². The molecule has 2 rings (SSSR count). The van der Waals surface area contributed by atoms with Gasteiger partial charge in [-0.1, -0.05) is 0 Å². The first-order valence-electron chi connectivity index (χ1n) is 4.45. The number of nitrogens with two attached hydrogens (primary N) is 1. The summed E-state index contributed by atoms with van der Waals surface area (Å²) in [6.45, 7) is 0. The monoisotopic (exact) mass is 241 g/mol. The van der Waals surface area contributed by atoms with Crippen LogP contribution in [0, 0.1) is 0 Å². The number of halogens is 1. The molecule has 0 aromatic heterocycles. The number of phenols is 1. The second-order valence-corrected chi connectivity index (χ2v) is 4.36. The van der Waals surface area contributed by atoms with Gasteiger partial charge in [-0.3, -0.25) is 0 Å². The van der Waals surface area contributed by atoms with Crippen LogP contribution in [0.5, 0.6) is 5.75 Å². The maximum atomic E-state index is 9.47. The van der Waals surface area contributed by atoms with Crippen LogP contribution in [0.4, 0.5) is 0 Å². The number of phenolic OH excluding ortho intramolecular Hbond substituents is 1. The highest BCUT2D eigenvalue weighted by Crippen LogP contribution is 2.35. The number of benzene rings is 1. The first kappa shape index (κ1) is 9.03. The zero-order valence-corrected chi connectivity index (χ0v) is 8.84. The molecule has 1 aromatic carbocycles. The van der Waals surface area contributed by atoms with Gasteiger partial charge in [0.1, 0.15) is 5.75 Å². The number of hydrogen-bond donors (Lipinski definition) is 2. The van der Waals surface area contributed by atoms with E-state index in [0.717, 1.165) is 23.7 Å². The lowest BCUT2D eigenvalue weighted by Crippen LogP contribution is -2.17. The Labute approximate surface area is 85.9 Å². The van der Waals surface area contributed by atoms with Crippen molar-refractivity contribution in [2.45, 2.75) is 25.3 Å². The smallest absolute Gasteiger partial charge is 0.130 e. The third-order valence-corrected chi connectivity index (χ3v) is 3.20. The fourth-order valence-corrected chi connectivity index (χ4v) is 2.21. The van der Waals surface area contributed by atoms with Gasteiger partial charge in [-0.25, -0.2) is 0 Å². The van der Waals surface area contributed by atoms with Gasteiger partial charge in [0.05, 0.1) is 4.47 Å². The van der Waals surface area contributed by atoms with Crippen LogP contribution >= 0.6 is 15.9 Å². The van der Waals surface area contributed by atoms with E-state index in [9.17, 15) is 5.11 Å². The zero-order chi connectivity index (χ0) is 9.42. The summed E-state index contributed by atoms with van der Waals surface area (Å²) in [4.78, 5) is 0. The molecule has 2 nitrogen and oxygen atoms in total. The molecule has 1 aliphatic rings. The van der Waals surface area contributed by atoms with Crippen LogP contribution in [0.1, 0.15) is 30.0 Å². The molecule has 0 unspecified atom stereocenters. The predicted molar refractivity (Wildman–Crippen MR) is 55.7 cm³/mol. The minimum absolute atomic E-state index is 0.139.